The van der Waals surface area contributed by atoms with Crippen molar-refractivity contribution in [1.29, 1.82) is 0 Å². The standard InChI is InChI=1S/C14H16ClNO4/c1-3-14(4-2)12(17)8-13(14)20-11-7-9(15)5-6-10(11)16(18)19/h5-7,13H,3-4,8H2,1-2H3. The third-order valence-corrected chi connectivity index (χ3v) is 4.43. The molecule has 108 valence electrons. The number of nitrogens with zero attached hydrogens (tertiary/aromatic N) is 1. The number of ketones is 1. The molecule has 1 atom stereocenters. The predicted octanol–water partition coefficient (Wildman–Crippen LogP) is 3.77. The van der Waals surface area contributed by atoms with E-state index < -0.39 is 10.3 Å². The summed E-state index contributed by atoms with van der Waals surface area (Å²) in [6, 6.07) is 4.20. The molecular weight excluding hydrogens is 282 g/mol. The highest BCUT2D eigenvalue weighted by molar-refractivity contribution is 6.30. The van der Waals surface area contributed by atoms with Crippen molar-refractivity contribution >= 4 is 23.1 Å². The first kappa shape index (κ1) is 14.8. The fourth-order valence-electron chi connectivity index (χ4n) is 2.76. The first-order valence-electron chi connectivity index (χ1n) is 6.58. The number of carbonyl (C=O) groups is 1. The molecule has 0 amide bonds. The van der Waals surface area contributed by atoms with Gasteiger partial charge < -0.3 is 4.74 Å². The number of carbonyl (C=O) groups excluding carboxylic acids is 1. The van der Waals surface area contributed by atoms with Gasteiger partial charge in [-0.3, -0.25) is 14.9 Å². The number of ether oxygens (including phenoxy) is 1. The van der Waals surface area contributed by atoms with Crippen LogP contribution in [0.1, 0.15) is 33.1 Å². The summed E-state index contributed by atoms with van der Waals surface area (Å²) in [5.74, 6) is 0.295. The Kier molecular flexibility index (Phi) is 3.99. The average molecular weight is 298 g/mol. The summed E-state index contributed by atoms with van der Waals surface area (Å²) in [5, 5.41) is 11.4. The summed E-state index contributed by atoms with van der Waals surface area (Å²) >= 11 is 5.86. The van der Waals surface area contributed by atoms with Crippen molar-refractivity contribution in [2.24, 2.45) is 5.41 Å². The van der Waals surface area contributed by atoms with E-state index in [9.17, 15) is 14.9 Å². The Morgan fingerprint density at radius 3 is 2.60 bits per heavy atom. The van der Waals surface area contributed by atoms with E-state index in [2.05, 4.69) is 0 Å². The van der Waals surface area contributed by atoms with E-state index in [1.54, 1.807) is 0 Å². The molecule has 0 spiro atoms. The topological polar surface area (TPSA) is 69.4 Å². The van der Waals surface area contributed by atoms with Crippen LogP contribution < -0.4 is 4.74 Å². The lowest BCUT2D eigenvalue weighted by atomic mass is 9.61. The molecule has 1 fully saturated rings. The molecule has 1 aromatic rings. The van der Waals surface area contributed by atoms with Gasteiger partial charge in [-0.2, -0.15) is 0 Å². The van der Waals surface area contributed by atoms with Crippen LogP contribution in [0, 0.1) is 15.5 Å². The van der Waals surface area contributed by atoms with Crippen molar-refractivity contribution in [3.63, 3.8) is 0 Å². The maximum atomic E-state index is 11.9. The quantitative estimate of drug-likeness (QED) is 0.612. The van der Waals surface area contributed by atoms with Gasteiger partial charge in [0.2, 0.25) is 0 Å². The third-order valence-electron chi connectivity index (χ3n) is 4.19. The minimum Gasteiger partial charge on any atom is -0.482 e. The van der Waals surface area contributed by atoms with Crippen molar-refractivity contribution in [2.75, 3.05) is 0 Å². The van der Waals surface area contributed by atoms with E-state index in [-0.39, 0.29) is 23.3 Å². The highest BCUT2D eigenvalue weighted by Crippen LogP contribution is 2.47. The van der Waals surface area contributed by atoms with Gasteiger partial charge in [0.05, 0.1) is 10.3 Å². The Morgan fingerprint density at radius 2 is 2.10 bits per heavy atom. The third kappa shape index (κ3) is 2.26. The van der Waals surface area contributed by atoms with Gasteiger partial charge >= 0.3 is 5.69 Å². The van der Waals surface area contributed by atoms with Crippen molar-refractivity contribution in [3.05, 3.63) is 33.3 Å². The maximum Gasteiger partial charge on any atom is 0.311 e. The molecule has 0 aromatic heterocycles. The summed E-state index contributed by atoms with van der Waals surface area (Å²) in [7, 11) is 0. The fraction of sp³-hybridized carbons (Fsp3) is 0.500. The minimum absolute atomic E-state index is 0.130. The number of rotatable bonds is 5. The number of benzene rings is 1. The van der Waals surface area contributed by atoms with E-state index in [0.29, 0.717) is 24.3 Å². The molecule has 6 heteroatoms. The van der Waals surface area contributed by atoms with Crippen LogP contribution in [0.15, 0.2) is 18.2 Å². The lowest BCUT2D eigenvalue weighted by Crippen LogP contribution is -2.56. The molecule has 0 aliphatic heterocycles. The Hall–Kier alpha value is -1.62. The number of hydrogen-bond acceptors (Lipinski definition) is 4. The van der Waals surface area contributed by atoms with E-state index in [0.717, 1.165) is 0 Å². The zero-order valence-electron chi connectivity index (χ0n) is 11.4. The largest absolute Gasteiger partial charge is 0.482 e. The highest BCUT2D eigenvalue weighted by atomic mass is 35.5. The Bertz CT molecular complexity index is 554. The summed E-state index contributed by atoms with van der Waals surface area (Å²) in [4.78, 5) is 22.4. The summed E-state index contributed by atoms with van der Waals surface area (Å²) in [6.07, 6.45) is 1.32. The minimum atomic E-state index is -0.518. The monoisotopic (exact) mass is 297 g/mol. The van der Waals surface area contributed by atoms with Gasteiger partial charge in [0.15, 0.2) is 5.75 Å². The first-order chi connectivity index (χ1) is 9.44. The zero-order valence-corrected chi connectivity index (χ0v) is 12.1. The lowest BCUT2D eigenvalue weighted by Gasteiger charge is -2.46. The van der Waals surface area contributed by atoms with Crippen LogP contribution in [0.5, 0.6) is 5.75 Å². The molecular formula is C14H16ClNO4. The van der Waals surface area contributed by atoms with Crippen LogP contribution in [0.25, 0.3) is 0 Å². The predicted molar refractivity (Wildman–Crippen MR) is 75.2 cm³/mol. The second-order valence-corrected chi connectivity index (χ2v) is 5.40. The molecule has 0 radical (unpaired) electrons. The number of halogens is 1. The smallest absolute Gasteiger partial charge is 0.311 e. The van der Waals surface area contributed by atoms with Crippen molar-refractivity contribution in [3.8, 4) is 5.75 Å². The van der Waals surface area contributed by atoms with Crippen LogP contribution in [0.4, 0.5) is 5.69 Å². The maximum absolute atomic E-state index is 11.9. The number of nitro groups is 1. The number of Topliss-reactive ketones (excluding diaryl/α,β-unsaturated/α-hetero) is 1. The van der Waals surface area contributed by atoms with Crippen LogP contribution in [-0.4, -0.2) is 16.8 Å². The van der Waals surface area contributed by atoms with Crippen LogP contribution in [-0.2, 0) is 4.79 Å². The van der Waals surface area contributed by atoms with Gasteiger partial charge in [-0.15, -0.1) is 0 Å². The zero-order chi connectivity index (χ0) is 14.9. The van der Waals surface area contributed by atoms with Crippen molar-refractivity contribution < 1.29 is 14.5 Å². The summed E-state index contributed by atoms with van der Waals surface area (Å²) in [6.45, 7) is 3.87. The Labute approximate surface area is 122 Å². The molecule has 1 aromatic carbocycles. The second-order valence-electron chi connectivity index (χ2n) is 4.97. The van der Waals surface area contributed by atoms with E-state index in [4.69, 9.17) is 16.3 Å². The van der Waals surface area contributed by atoms with E-state index in [1.165, 1.54) is 18.2 Å². The van der Waals surface area contributed by atoms with Crippen LogP contribution >= 0.6 is 11.6 Å². The van der Waals surface area contributed by atoms with Crippen LogP contribution in [0.3, 0.4) is 0 Å². The molecule has 0 bridgehead atoms. The summed E-state index contributed by atoms with van der Waals surface area (Å²) < 4.78 is 5.74. The van der Waals surface area contributed by atoms with Gasteiger partial charge in [-0.1, -0.05) is 25.4 Å². The number of nitro benzene ring substituents is 1. The molecule has 0 saturated heterocycles. The van der Waals surface area contributed by atoms with E-state index >= 15 is 0 Å². The van der Waals surface area contributed by atoms with Gasteiger partial charge in [-0.05, 0) is 18.9 Å². The Morgan fingerprint density at radius 1 is 1.45 bits per heavy atom. The van der Waals surface area contributed by atoms with Crippen molar-refractivity contribution in [2.45, 2.75) is 39.2 Å². The lowest BCUT2D eigenvalue weighted by molar-refractivity contribution is -0.386. The van der Waals surface area contributed by atoms with Gasteiger partial charge in [-0.25, -0.2) is 0 Å². The molecule has 1 aliphatic carbocycles. The molecule has 1 aliphatic rings. The molecule has 1 saturated carbocycles. The molecule has 0 heterocycles. The fourth-order valence-corrected chi connectivity index (χ4v) is 2.92. The molecule has 20 heavy (non-hydrogen) atoms. The van der Waals surface area contributed by atoms with Gasteiger partial charge in [0, 0.05) is 23.6 Å². The molecule has 1 unspecified atom stereocenters. The highest BCUT2D eigenvalue weighted by Gasteiger charge is 2.54. The normalized spacial score (nSPS) is 20.4. The molecule has 2 rings (SSSR count). The molecule has 0 N–H and O–H groups in total. The Balaban J connectivity index is 2.29. The van der Waals surface area contributed by atoms with Gasteiger partial charge in [0.1, 0.15) is 11.9 Å². The first-order valence-corrected chi connectivity index (χ1v) is 6.96. The van der Waals surface area contributed by atoms with Crippen molar-refractivity contribution in [1.82, 2.24) is 0 Å². The summed E-state index contributed by atoms with van der Waals surface area (Å²) in [5.41, 5.74) is -0.647. The van der Waals surface area contributed by atoms with Gasteiger partial charge in [0.25, 0.3) is 0 Å². The SMILES string of the molecule is CCC1(CC)C(=O)CC1Oc1cc(Cl)ccc1[N+](=O)[O-]. The second kappa shape index (κ2) is 5.40. The number of hydrogen-bond donors (Lipinski definition) is 0. The molecule has 5 nitrogen and oxygen atoms in total. The van der Waals surface area contributed by atoms with Crippen LogP contribution in [0.2, 0.25) is 5.02 Å². The average Bonchev–Trinajstić information content (AvgIpc) is 2.39. The van der Waals surface area contributed by atoms with E-state index in [1.807, 2.05) is 13.8 Å².